The van der Waals surface area contributed by atoms with Crippen LogP contribution in [0.2, 0.25) is 5.04 Å². The molecule has 0 bridgehead atoms. The summed E-state index contributed by atoms with van der Waals surface area (Å²) in [6.07, 6.45) is -0.485. The minimum Gasteiger partial charge on any atom is -0.391 e. The van der Waals surface area contributed by atoms with Gasteiger partial charge in [-0.3, -0.25) is 4.98 Å². The lowest BCUT2D eigenvalue weighted by Gasteiger charge is -2.48. The minimum atomic E-state index is -3.29. The second-order valence-corrected chi connectivity index (χ2v) is 17.4. The number of rotatable bonds is 7. The van der Waals surface area contributed by atoms with E-state index in [9.17, 15) is 10.2 Å². The molecule has 0 aliphatic carbocycles. The number of ether oxygens (including phenoxy) is 1. The van der Waals surface area contributed by atoms with E-state index in [1.54, 1.807) is 18.2 Å². The predicted molar refractivity (Wildman–Crippen MR) is 169 cm³/mol. The summed E-state index contributed by atoms with van der Waals surface area (Å²) >= 11 is 0. The normalized spacial score (nSPS) is 19.2. The molecule has 2 N–H and O–H groups in total. The Kier molecular flexibility index (Phi) is 8.86. The highest BCUT2D eigenvalue weighted by Gasteiger charge is 2.55. The van der Waals surface area contributed by atoms with E-state index in [2.05, 4.69) is 25.8 Å². The van der Waals surface area contributed by atoms with Crippen LogP contribution in [-0.2, 0) is 4.74 Å². The summed E-state index contributed by atoms with van der Waals surface area (Å²) in [5.74, 6) is -2.28. The number of morpholine rings is 1. The van der Waals surface area contributed by atoms with Gasteiger partial charge in [-0.25, -0.2) is 8.78 Å². The molecule has 0 saturated carbocycles. The van der Waals surface area contributed by atoms with E-state index in [0.29, 0.717) is 18.8 Å². The Morgan fingerprint density at radius 3 is 1.88 bits per heavy atom. The van der Waals surface area contributed by atoms with Crippen molar-refractivity contribution in [3.05, 3.63) is 120 Å². The molecule has 0 spiro atoms. The summed E-state index contributed by atoms with van der Waals surface area (Å²) in [6.45, 7) is 10.9. The highest BCUT2D eigenvalue weighted by Crippen LogP contribution is 2.48. The quantitative estimate of drug-likeness (QED) is 0.266. The zero-order chi connectivity index (χ0) is 30.9. The maximum atomic E-state index is 16.1. The Bertz CT molecular complexity index is 1480. The molecule has 3 aromatic carbocycles. The SMILES string of the molecule is C[C@@H]1CN(c2c(C(O)[Si](c3ccccc3)(c3ccccc3)C(C)(C)C)cc(F)c(F)c2C(O)c2ccccn2)C[C@H](C)O1. The van der Waals surface area contributed by atoms with Crippen molar-refractivity contribution in [1.82, 2.24) is 4.98 Å². The fourth-order valence-electron chi connectivity index (χ4n) is 6.91. The van der Waals surface area contributed by atoms with Gasteiger partial charge >= 0.3 is 0 Å². The van der Waals surface area contributed by atoms with Crippen LogP contribution in [0.4, 0.5) is 14.5 Å². The van der Waals surface area contributed by atoms with Crippen LogP contribution in [0.3, 0.4) is 0 Å². The Labute approximate surface area is 253 Å². The minimum absolute atomic E-state index is 0.188. The second-order valence-electron chi connectivity index (χ2n) is 12.5. The number of aromatic nitrogens is 1. The summed E-state index contributed by atoms with van der Waals surface area (Å²) in [5.41, 5.74) is -0.718. The lowest BCUT2D eigenvalue weighted by molar-refractivity contribution is -0.00553. The van der Waals surface area contributed by atoms with Gasteiger partial charge in [-0.2, -0.15) is 0 Å². The van der Waals surface area contributed by atoms with Crippen molar-refractivity contribution < 1.29 is 23.7 Å². The molecule has 2 heterocycles. The molecule has 0 radical (unpaired) electrons. The maximum Gasteiger partial charge on any atom is 0.167 e. The van der Waals surface area contributed by atoms with Crippen LogP contribution in [0.1, 0.15) is 63.3 Å². The van der Waals surface area contributed by atoms with Gasteiger partial charge in [-0.1, -0.05) is 97.9 Å². The van der Waals surface area contributed by atoms with Crippen LogP contribution in [-0.4, -0.2) is 48.6 Å². The van der Waals surface area contributed by atoms with Crippen molar-refractivity contribution >= 4 is 24.1 Å². The zero-order valence-electron chi connectivity index (χ0n) is 25.3. The molecule has 1 fully saturated rings. The highest BCUT2D eigenvalue weighted by molar-refractivity contribution is 7.04. The lowest BCUT2D eigenvalue weighted by Crippen LogP contribution is -2.68. The molecule has 1 aliphatic rings. The van der Waals surface area contributed by atoms with Gasteiger partial charge in [-0.05, 0) is 37.1 Å². The molecule has 0 amide bonds. The van der Waals surface area contributed by atoms with Gasteiger partial charge in [0.1, 0.15) is 6.10 Å². The van der Waals surface area contributed by atoms with E-state index < -0.39 is 36.6 Å². The first-order valence-corrected chi connectivity index (χ1v) is 16.8. The van der Waals surface area contributed by atoms with Crippen molar-refractivity contribution in [2.45, 2.75) is 63.7 Å². The van der Waals surface area contributed by atoms with Crippen LogP contribution < -0.4 is 15.3 Å². The molecular formula is C35H40F2N2O3Si. The van der Waals surface area contributed by atoms with E-state index in [4.69, 9.17) is 4.74 Å². The Morgan fingerprint density at radius 2 is 1.40 bits per heavy atom. The van der Waals surface area contributed by atoms with Crippen molar-refractivity contribution in [2.75, 3.05) is 18.0 Å². The van der Waals surface area contributed by atoms with Crippen molar-refractivity contribution in [1.29, 1.82) is 0 Å². The average molecular weight is 603 g/mol. The lowest BCUT2D eigenvalue weighted by atomic mass is 9.96. The van der Waals surface area contributed by atoms with E-state index in [1.165, 1.54) is 6.20 Å². The standard InChI is InChI=1S/C35H40F2N2O3Si/c1-23-21-39(22-24(2)42-23)32-27(20-28(36)31(37)30(32)33(40)29-18-12-13-19-38-29)34(41)43(35(3,4)5,25-14-8-6-9-15-25)26-16-10-7-11-17-26/h6-20,23-24,33-34,40-41H,21-22H2,1-5H3/t23-,24+,33?,34?. The zero-order valence-corrected chi connectivity index (χ0v) is 26.3. The van der Waals surface area contributed by atoms with Crippen molar-refractivity contribution in [3.63, 3.8) is 0 Å². The maximum absolute atomic E-state index is 16.1. The fourth-order valence-corrected chi connectivity index (χ4v) is 12.5. The third-order valence-electron chi connectivity index (χ3n) is 8.58. The molecular weight excluding hydrogens is 562 g/mol. The van der Waals surface area contributed by atoms with E-state index in [0.717, 1.165) is 16.4 Å². The molecule has 1 saturated heterocycles. The van der Waals surface area contributed by atoms with Gasteiger partial charge in [0.15, 0.2) is 19.7 Å². The first-order valence-electron chi connectivity index (χ1n) is 14.8. The van der Waals surface area contributed by atoms with E-state index in [-0.39, 0.29) is 29.0 Å². The largest absolute Gasteiger partial charge is 0.391 e. The molecule has 226 valence electrons. The van der Waals surface area contributed by atoms with E-state index in [1.807, 2.05) is 79.4 Å². The number of nitrogens with zero attached hydrogens (tertiary/aromatic N) is 2. The molecule has 4 aromatic rings. The third-order valence-corrected chi connectivity index (χ3v) is 14.6. The van der Waals surface area contributed by atoms with Gasteiger partial charge in [0.2, 0.25) is 0 Å². The summed E-state index contributed by atoms with van der Waals surface area (Å²) in [6, 6.07) is 25.9. The average Bonchev–Trinajstić information content (AvgIpc) is 2.98. The van der Waals surface area contributed by atoms with Crippen molar-refractivity contribution in [3.8, 4) is 0 Å². The highest BCUT2D eigenvalue weighted by atomic mass is 28.3. The molecule has 1 aliphatic heterocycles. The topological polar surface area (TPSA) is 65.8 Å². The molecule has 1 aromatic heterocycles. The number of anilines is 1. The molecule has 43 heavy (non-hydrogen) atoms. The fraction of sp³-hybridized carbons (Fsp3) is 0.343. The Morgan fingerprint density at radius 1 is 0.860 bits per heavy atom. The summed E-state index contributed by atoms with van der Waals surface area (Å²) in [7, 11) is -3.29. The second kappa shape index (κ2) is 12.3. The Balaban J connectivity index is 1.87. The van der Waals surface area contributed by atoms with Crippen LogP contribution in [0, 0.1) is 11.6 Å². The van der Waals surface area contributed by atoms with Crippen LogP contribution in [0.15, 0.2) is 91.1 Å². The smallest absolute Gasteiger partial charge is 0.167 e. The third kappa shape index (κ3) is 5.65. The van der Waals surface area contributed by atoms with Crippen LogP contribution in [0.5, 0.6) is 0 Å². The summed E-state index contributed by atoms with van der Waals surface area (Å²) in [5, 5.41) is 26.0. The van der Waals surface area contributed by atoms with Crippen molar-refractivity contribution in [2.24, 2.45) is 0 Å². The number of aliphatic hydroxyl groups is 2. The number of hydrogen-bond acceptors (Lipinski definition) is 5. The number of aliphatic hydroxyl groups excluding tert-OH is 2. The Hall–Kier alpha value is -3.43. The predicted octanol–water partition coefficient (Wildman–Crippen LogP) is 5.69. The molecule has 5 rings (SSSR count). The van der Waals surface area contributed by atoms with Gasteiger partial charge < -0.3 is 19.8 Å². The van der Waals surface area contributed by atoms with Crippen LogP contribution in [0.25, 0.3) is 0 Å². The molecule has 8 heteroatoms. The summed E-state index contributed by atoms with van der Waals surface area (Å²) in [4.78, 5) is 6.19. The number of halogens is 2. The van der Waals surface area contributed by atoms with Gasteiger partial charge in [0.05, 0.1) is 29.3 Å². The molecule has 4 atom stereocenters. The molecule has 5 nitrogen and oxygen atoms in total. The molecule has 2 unspecified atom stereocenters. The summed E-state index contributed by atoms with van der Waals surface area (Å²) < 4.78 is 37.9. The monoisotopic (exact) mass is 602 g/mol. The van der Waals surface area contributed by atoms with Crippen LogP contribution >= 0.6 is 0 Å². The first kappa shape index (κ1) is 31.0. The first-order chi connectivity index (χ1) is 20.5. The number of hydrogen-bond donors (Lipinski definition) is 2. The van der Waals surface area contributed by atoms with Gasteiger partial charge in [-0.15, -0.1) is 0 Å². The van der Waals surface area contributed by atoms with E-state index >= 15 is 8.78 Å². The van der Waals surface area contributed by atoms with Gasteiger partial charge in [0.25, 0.3) is 0 Å². The number of benzene rings is 3. The van der Waals surface area contributed by atoms with Gasteiger partial charge in [0, 0.05) is 30.4 Å². The number of pyridine rings is 1.